The van der Waals surface area contributed by atoms with Gasteiger partial charge in [0.1, 0.15) is 5.82 Å². The van der Waals surface area contributed by atoms with E-state index >= 15 is 0 Å². The Morgan fingerprint density at radius 1 is 1.46 bits per heavy atom. The van der Waals surface area contributed by atoms with Gasteiger partial charge in [-0.25, -0.2) is 4.39 Å². The lowest BCUT2D eigenvalue weighted by Crippen LogP contribution is -2.29. The van der Waals surface area contributed by atoms with E-state index < -0.39 is 12.9 Å². The van der Waals surface area contributed by atoms with Crippen LogP contribution < -0.4 is 5.46 Å². The highest BCUT2D eigenvalue weighted by atomic mass is 32.2. The first-order valence-corrected chi connectivity index (χ1v) is 4.92. The zero-order valence-electron chi connectivity index (χ0n) is 7.20. The summed E-state index contributed by atoms with van der Waals surface area (Å²) in [6.07, 6.45) is 0. The van der Waals surface area contributed by atoms with E-state index in [9.17, 15) is 4.39 Å². The van der Waals surface area contributed by atoms with E-state index in [0.29, 0.717) is 4.90 Å². The molecule has 0 atom stereocenters. The molecule has 0 bridgehead atoms. The summed E-state index contributed by atoms with van der Waals surface area (Å²) in [7, 11) is -1.60. The smallest absolute Gasteiger partial charge is 0.423 e. The van der Waals surface area contributed by atoms with Crippen molar-refractivity contribution in [3.63, 3.8) is 0 Å². The van der Waals surface area contributed by atoms with Crippen molar-refractivity contribution in [1.82, 2.24) is 0 Å². The molecule has 2 N–H and O–H groups in total. The van der Waals surface area contributed by atoms with Crippen molar-refractivity contribution in [2.75, 3.05) is 5.75 Å². The van der Waals surface area contributed by atoms with Crippen molar-refractivity contribution < 1.29 is 14.4 Å². The lowest BCUT2D eigenvalue weighted by molar-refractivity contribution is 0.425. The van der Waals surface area contributed by atoms with E-state index in [1.54, 1.807) is 6.07 Å². The zero-order chi connectivity index (χ0) is 9.84. The fourth-order valence-electron chi connectivity index (χ4n) is 0.950. The predicted molar refractivity (Wildman–Crippen MR) is 52.6 cm³/mol. The Hall–Kier alpha value is -0.515. The van der Waals surface area contributed by atoms with Crippen molar-refractivity contribution in [1.29, 1.82) is 0 Å². The quantitative estimate of drug-likeness (QED) is 0.555. The van der Waals surface area contributed by atoms with Gasteiger partial charge in [-0.1, -0.05) is 13.0 Å². The van der Waals surface area contributed by atoms with Crippen LogP contribution in [0.1, 0.15) is 6.92 Å². The van der Waals surface area contributed by atoms with Crippen LogP contribution in [0.3, 0.4) is 0 Å². The minimum Gasteiger partial charge on any atom is -0.423 e. The van der Waals surface area contributed by atoms with Crippen LogP contribution in [-0.2, 0) is 0 Å². The highest BCUT2D eigenvalue weighted by molar-refractivity contribution is 7.99. The normalized spacial score (nSPS) is 10.2. The van der Waals surface area contributed by atoms with Gasteiger partial charge in [0, 0.05) is 4.90 Å². The van der Waals surface area contributed by atoms with Gasteiger partial charge >= 0.3 is 7.12 Å². The van der Waals surface area contributed by atoms with Gasteiger partial charge in [-0.2, -0.15) is 0 Å². The maximum atomic E-state index is 13.2. The van der Waals surface area contributed by atoms with Crippen LogP contribution in [0.15, 0.2) is 23.1 Å². The van der Waals surface area contributed by atoms with E-state index in [2.05, 4.69) is 0 Å². The molecule has 0 unspecified atom stereocenters. The molecule has 0 aliphatic carbocycles. The van der Waals surface area contributed by atoms with E-state index in [0.717, 1.165) is 11.8 Å². The molecule has 0 aliphatic heterocycles. The third kappa shape index (κ3) is 2.72. The Morgan fingerprint density at radius 3 is 2.62 bits per heavy atom. The summed E-state index contributed by atoms with van der Waals surface area (Å²) >= 11 is 1.38. The molecule has 0 saturated carbocycles. The topological polar surface area (TPSA) is 40.5 Å². The van der Waals surface area contributed by atoms with Gasteiger partial charge in [0.05, 0.1) is 0 Å². The maximum Gasteiger partial charge on any atom is 0.488 e. The molecule has 0 heterocycles. The van der Waals surface area contributed by atoms with Gasteiger partial charge in [0.15, 0.2) is 0 Å². The minimum absolute atomic E-state index is 0.179. The largest absolute Gasteiger partial charge is 0.488 e. The number of rotatable bonds is 3. The number of halogens is 1. The van der Waals surface area contributed by atoms with Gasteiger partial charge < -0.3 is 10.0 Å². The van der Waals surface area contributed by atoms with Crippen LogP contribution >= 0.6 is 11.8 Å². The summed E-state index contributed by atoms with van der Waals surface area (Å²) in [5.74, 6) is 0.384. The Balaban J connectivity index is 2.92. The highest BCUT2D eigenvalue weighted by Crippen LogP contribution is 2.19. The van der Waals surface area contributed by atoms with Crippen LogP contribution in [0, 0.1) is 5.82 Å². The van der Waals surface area contributed by atoms with Crippen molar-refractivity contribution in [2.24, 2.45) is 0 Å². The highest BCUT2D eigenvalue weighted by Gasteiger charge is 2.13. The molecule has 0 spiro atoms. The van der Waals surface area contributed by atoms with Crippen molar-refractivity contribution >= 4 is 24.3 Å². The molecule has 0 aromatic heterocycles. The molecular weight excluding hydrogens is 190 g/mol. The maximum absolute atomic E-state index is 13.2. The molecule has 0 saturated heterocycles. The Labute approximate surface area is 80.9 Å². The third-order valence-electron chi connectivity index (χ3n) is 1.55. The van der Waals surface area contributed by atoms with E-state index in [-0.39, 0.29) is 5.46 Å². The predicted octanol–water partition coefficient (Wildman–Crippen LogP) is 0.617. The van der Waals surface area contributed by atoms with E-state index in [1.807, 2.05) is 6.92 Å². The first-order valence-electron chi connectivity index (χ1n) is 3.93. The summed E-state index contributed by atoms with van der Waals surface area (Å²) in [6.45, 7) is 1.93. The van der Waals surface area contributed by atoms with Gasteiger partial charge in [0.25, 0.3) is 0 Å². The summed E-state index contributed by atoms with van der Waals surface area (Å²) in [5.41, 5.74) is 0.179. The van der Waals surface area contributed by atoms with Gasteiger partial charge in [-0.05, 0) is 23.3 Å². The molecule has 1 rings (SSSR count). The molecular formula is C8H10BFO2S. The number of benzene rings is 1. The first-order chi connectivity index (χ1) is 6.15. The molecule has 1 aromatic rings. The van der Waals surface area contributed by atoms with Crippen LogP contribution in [0.2, 0.25) is 0 Å². The second-order valence-electron chi connectivity index (χ2n) is 2.50. The number of hydrogen-bond donors (Lipinski definition) is 2. The van der Waals surface area contributed by atoms with Crippen LogP contribution in [0.25, 0.3) is 0 Å². The van der Waals surface area contributed by atoms with Gasteiger partial charge in [0.2, 0.25) is 0 Å². The second-order valence-corrected chi connectivity index (χ2v) is 3.80. The molecule has 5 heteroatoms. The Morgan fingerprint density at radius 2 is 2.15 bits per heavy atom. The number of hydrogen-bond acceptors (Lipinski definition) is 3. The van der Waals surface area contributed by atoms with Crippen LogP contribution in [0.4, 0.5) is 4.39 Å². The van der Waals surface area contributed by atoms with Gasteiger partial charge in [-0.3, -0.25) is 0 Å². The molecule has 13 heavy (non-hydrogen) atoms. The van der Waals surface area contributed by atoms with Crippen molar-refractivity contribution in [3.05, 3.63) is 24.0 Å². The van der Waals surface area contributed by atoms with Crippen molar-refractivity contribution in [2.45, 2.75) is 11.8 Å². The third-order valence-corrected chi connectivity index (χ3v) is 2.48. The molecule has 0 radical (unpaired) electrons. The first kappa shape index (κ1) is 10.6. The molecule has 70 valence electrons. The molecule has 0 amide bonds. The summed E-state index contributed by atoms with van der Waals surface area (Å²) < 4.78 is 13.2. The van der Waals surface area contributed by atoms with Gasteiger partial charge in [-0.15, -0.1) is 11.8 Å². The summed E-state index contributed by atoms with van der Waals surface area (Å²) in [4.78, 5) is 0.534. The zero-order valence-corrected chi connectivity index (χ0v) is 8.01. The molecule has 1 aromatic carbocycles. The fourth-order valence-corrected chi connectivity index (χ4v) is 1.62. The number of thioether (sulfide) groups is 1. The van der Waals surface area contributed by atoms with Crippen LogP contribution in [0.5, 0.6) is 0 Å². The van der Waals surface area contributed by atoms with Crippen molar-refractivity contribution in [3.8, 4) is 0 Å². The van der Waals surface area contributed by atoms with Crippen LogP contribution in [-0.4, -0.2) is 22.9 Å². The molecule has 0 aliphatic rings. The lowest BCUT2D eigenvalue weighted by Gasteiger charge is -2.03. The molecule has 0 fully saturated rings. The Bertz CT molecular complexity index is 293. The standard InChI is InChI=1S/C8H10BFO2S/c1-2-13-8-4-3-6(9(11)12)5-7(8)10/h3-5,11-12H,2H2,1H3. The average Bonchev–Trinajstić information content (AvgIpc) is 2.08. The fraction of sp³-hybridized carbons (Fsp3) is 0.250. The minimum atomic E-state index is -1.60. The summed E-state index contributed by atoms with van der Waals surface area (Å²) in [5, 5.41) is 17.5. The molecule has 2 nitrogen and oxygen atoms in total. The second kappa shape index (κ2) is 4.65. The Kier molecular flexibility index (Phi) is 3.78. The average molecular weight is 200 g/mol. The SMILES string of the molecule is CCSc1ccc(B(O)O)cc1F. The summed E-state index contributed by atoms with van der Waals surface area (Å²) in [6, 6.07) is 4.20. The van der Waals surface area contributed by atoms with E-state index in [1.165, 1.54) is 17.8 Å². The monoisotopic (exact) mass is 200 g/mol. The lowest BCUT2D eigenvalue weighted by atomic mass is 9.80. The van der Waals surface area contributed by atoms with E-state index in [4.69, 9.17) is 10.0 Å².